The van der Waals surface area contributed by atoms with Crippen molar-refractivity contribution in [1.82, 2.24) is 0 Å². The fourth-order valence-corrected chi connectivity index (χ4v) is 8.62. The van der Waals surface area contributed by atoms with E-state index in [2.05, 4.69) is 53.7 Å². The molecule has 1 saturated heterocycles. The van der Waals surface area contributed by atoms with Crippen LogP contribution in [0.25, 0.3) is 0 Å². The van der Waals surface area contributed by atoms with Gasteiger partial charge in [-0.25, -0.2) is 0 Å². The number of allylic oxidation sites excluding steroid dienone is 4. The molecule has 0 amide bonds. The first-order valence-corrected chi connectivity index (χ1v) is 13.6. The van der Waals surface area contributed by atoms with Crippen molar-refractivity contribution in [3.05, 3.63) is 23.3 Å². The van der Waals surface area contributed by atoms with Crippen LogP contribution in [0.3, 0.4) is 0 Å². The van der Waals surface area contributed by atoms with E-state index in [1.54, 1.807) is 11.1 Å². The Kier molecular flexibility index (Phi) is 6.55. The predicted molar refractivity (Wildman–Crippen MR) is 136 cm³/mol. The smallest absolute Gasteiger partial charge is 0.0888 e. The van der Waals surface area contributed by atoms with Crippen molar-refractivity contribution in [3.63, 3.8) is 0 Å². The van der Waals surface area contributed by atoms with E-state index in [4.69, 9.17) is 4.74 Å². The van der Waals surface area contributed by atoms with E-state index in [0.717, 1.165) is 38.5 Å². The minimum absolute atomic E-state index is 0.0970. The highest BCUT2D eigenvalue weighted by Crippen LogP contribution is 2.58. The standard InChI is InChI=1S/C30H50O3/c1-19-10-12-23-21(19)11-9-20(2)22(27(23,3)4)13-14-24-29(7)17-15-25(31)28(5,6)33-26(29)16-18-30(24,8)32/h9-10,21-26,31-32H,11-18H2,1-8H3/t21?,22?,23?,24-,25-,26?,29-,30+/m1/s1. The quantitative estimate of drug-likeness (QED) is 0.456. The molecular formula is C30H50O3. The average molecular weight is 459 g/mol. The van der Waals surface area contributed by atoms with Crippen LogP contribution in [0, 0.1) is 34.5 Å². The van der Waals surface area contributed by atoms with Gasteiger partial charge in [0.2, 0.25) is 0 Å². The van der Waals surface area contributed by atoms with Crippen molar-refractivity contribution in [3.8, 4) is 0 Å². The van der Waals surface area contributed by atoms with Crippen LogP contribution in [0.4, 0.5) is 0 Å². The second kappa shape index (κ2) is 8.49. The van der Waals surface area contributed by atoms with E-state index in [9.17, 15) is 10.2 Å². The van der Waals surface area contributed by atoms with Crippen molar-refractivity contribution in [1.29, 1.82) is 0 Å². The molecule has 0 bridgehead atoms. The number of fused-ring (bicyclic) bond motifs is 2. The molecule has 4 aliphatic rings. The third kappa shape index (κ3) is 4.29. The Morgan fingerprint density at radius 3 is 2.27 bits per heavy atom. The Morgan fingerprint density at radius 1 is 0.909 bits per heavy atom. The monoisotopic (exact) mass is 458 g/mol. The fraction of sp³-hybridized carbons (Fsp3) is 0.867. The molecule has 1 saturated carbocycles. The molecule has 3 heteroatoms. The van der Waals surface area contributed by atoms with Gasteiger partial charge in [-0.3, -0.25) is 0 Å². The number of aliphatic hydroxyl groups excluding tert-OH is 1. The second-order valence-electron chi connectivity index (χ2n) is 13.8. The van der Waals surface area contributed by atoms with Gasteiger partial charge in [-0.05, 0) is 120 Å². The van der Waals surface area contributed by atoms with E-state index in [0.29, 0.717) is 17.8 Å². The molecule has 0 aromatic carbocycles. The zero-order valence-electron chi connectivity index (χ0n) is 22.6. The lowest BCUT2D eigenvalue weighted by Gasteiger charge is -2.54. The summed E-state index contributed by atoms with van der Waals surface area (Å²) in [7, 11) is 0. The summed E-state index contributed by atoms with van der Waals surface area (Å²) in [6, 6.07) is 0. The highest BCUT2D eigenvalue weighted by Gasteiger charge is 2.57. The van der Waals surface area contributed by atoms with Gasteiger partial charge in [0.15, 0.2) is 0 Å². The lowest BCUT2D eigenvalue weighted by atomic mass is 9.55. The van der Waals surface area contributed by atoms with Gasteiger partial charge in [0, 0.05) is 0 Å². The molecule has 4 rings (SSSR count). The summed E-state index contributed by atoms with van der Waals surface area (Å²) in [6.45, 7) is 18.1. The molecule has 188 valence electrons. The van der Waals surface area contributed by atoms with Gasteiger partial charge in [0.05, 0.1) is 23.4 Å². The molecule has 2 fully saturated rings. The summed E-state index contributed by atoms with van der Waals surface area (Å²) < 4.78 is 6.60. The van der Waals surface area contributed by atoms with Gasteiger partial charge < -0.3 is 14.9 Å². The molecule has 1 aliphatic heterocycles. The van der Waals surface area contributed by atoms with Crippen LogP contribution in [-0.4, -0.2) is 33.6 Å². The normalized spacial score (nSPS) is 47.0. The number of hydrogen-bond donors (Lipinski definition) is 2. The minimum Gasteiger partial charge on any atom is -0.390 e. The molecule has 2 N–H and O–H groups in total. The molecule has 3 aliphatic carbocycles. The molecular weight excluding hydrogens is 408 g/mol. The molecule has 4 unspecified atom stereocenters. The summed E-state index contributed by atoms with van der Waals surface area (Å²) in [5, 5.41) is 22.4. The minimum atomic E-state index is -0.686. The molecule has 0 spiro atoms. The van der Waals surface area contributed by atoms with E-state index in [1.165, 1.54) is 12.8 Å². The maximum atomic E-state index is 11.7. The maximum absolute atomic E-state index is 11.7. The fourth-order valence-electron chi connectivity index (χ4n) is 8.62. The highest BCUT2D eigenvalue weighted by molar-refractivity contribution is 5.23. The summed E-state index contributed by atoms with van der Waals surface area (Å²) in [6.07, 6.45) is 12.5. The third-order valence-corrected chi connectivity index (χ3v) is 11.0. The Morgan fingerprint density at radius 2 is 1.58 bits per heavy atom. The van der Waals surface area contributed by atoms with Crippen LogP contribution in [0.5, 0.6) is 0 Å². The SMILES string of the molecule is CC1=CCC2C1CC=C(C)C(CC[C@H]1[C@@](C)(O)CCC3OC(C)(C)[C@H](O)CC[C@@]31C)C2(C)C. The number of ether oxygens (including phenoxy) is 1. The molecule has 0 radical (unpaired) electrons. The summed E-state index contributed by atoms with van der Waals surface area (Å²) >= 11 is 0. The van der Waals surface area contributed by atoms with Gasteiger partial charge in [0.25, 0.3) is 0 Å². The molecule has 1 heterocycles. The first kappa shape index (κ1) is 25.5. The first-order chi connectivity index (χ1) is 15.2. The van der Waals surface area contributed by atoms with E-state index >= 15 is 0 Å². The Bertz CT molecular complexity index is 803. The van der Waals surface area contributed by atoms with Crippen LogP contribution in [-0.2, 0) is 4.74 Å². The Balaban J connectivity index is 1.59. The van der Waals surface area contributed by atoms with Crippen molar-refractivity contribution < 1.29 is 14.9 Å². The van der Waals surface area contributed by atoms with E-state index in [-0.39, 0.29) is 22.9 Å². The Labute approximate surface area is 203 Å². The lowest BCUT2D eigenvalue weighted by molar-refractivity contribution is -0.206. The van der Waals surface area contributed by atoms with Gasteiger partial charge in [-0.2, -0.15) is 0 Å². The highest BCUT2D eigenvalue weighted by atomic mass is 16.5. The molecule has 8 atom stereocenters. The van der Waals surface area contributed by atoms with Crippen LogP contribution in [0.1, 0.15) is 107 Å². The second-order valence-corrected chi connectivity index (χ2v) is 13.8. The average Bonchev–Trinajstić information content (AvgIpc) is 3.01. The van der Waals surface area contributed by atoms with Crippen molar-refractivity contribution >= 4 is 0 Å². The van der Waals surface area contributed by atoms with Crippen LogP contribution in [0.15, 0.2) is 23.3 Å². The van der Waals surface area contributed by atoms with Crippen molar-refractivity contribution in [2.45, 2.75) is 130 Å². The van der Waals surface area contributed by atoms with Crippen molar-refractivity contribution in [2.24, 2.45) is 34.5 Å². The van der Waals surface area contributed by atoms with Crippen molar-refractivity contribution in [2.75, 3.05) is 0 Å². The zero-order valence-corrected chi connectivity index (χ0v) is 22.6. The number of rotatable bonds is 3. The van der Waals surface area contributed by atoms with Gasteiger partial charge in [-0.1, -0.05) is 44.1 Å². The van der Waals surface area contributed by atoms with Gasteiger partial charge in [-0.15, -0.1) is 0 Å². The topological polar surface area (TPSA) is 49.7 Å². The lowest BCUT2D eigenvalue weighted by Crippen LogP contribution is -2.56. The zero-order chi connectivity index (χ0) is 24.4. The molecule has 3 nitrogen and oxygen atoms in total. The van der Waals surface area contributed by atoms with Gasteiger partial charge >= 0.3 is 0 Å². The Hall–Kier alpha value is -0.640. The van der Waals surface area contributed by atoms with Crippen LogP contribution >= 0.6 is 0 Å². The largest absolute Gasteiger partial charge is 0.390 e. The summed E-state index contributed by atoms with van der Waals surface area (Å²) in [5.41, 5.74) is 2.05. The van der Waals surface area contributed by atoms with E-state index < -0.39 is 17.3 Å². The third-order valence-electron chi connectivity index (χ3n) is 11.0. The van der Waals surface area contributed by atoms with Crippen LogP contribution in [0.2, 0.25) is 0 Å². The molecule has 33 heavy (non-hydrogen) atoms. The van der Waals surface area contributed by atoms with Gasteiger partial charge in [0.1, 0.15) is 0 Å². The molecule has 0 aromatic rings. The number of hydrogen-bond acceptors (Lipinski definition) is 3. The van der Waals surface area contributed by atoms with E-state index in [1.807, 2.05) is 13.8 Å². The summed E-state index contributed by atoms with van der Waals surface area (Å²) in [5.74, 6) is 2.12. The molecule has 0 aromatic heterocycles. The predicted octanol–water partition coefficient (Wildman–Crippen LogP) is 6.83. The number of aliphatic hydroxyl groups is 2. The summed E-state index contributed by atoms with van der Waals surface area (Å²) in [4.78, 5) is 0. The van der Waals surface area contributed by atoms with Crippen LogP contribution < -0.4 is 0 Å². The maximum Gasteiger partial charge on any atom is 0.0888 e. The first-order valence-electron chi connectivity index (χ1n) is 13.6.